The zero-order chi connectivity index (χ0) is 103. The van der Waals surface area contributed by atoms with Crippen molar-refractivity contribution in [3.63, 3.8) is 0 Å². The monoisotopic (exact) mass is 2100 g/mol. The van der Waals surface area contributed by atoms with Gasteiger partial charge in [0.1, 0.15) is 11.9 Å². The number of nitrogens with two attached hydrogens (primary N) is 1. The molecule has 10 N–H and O–H groups in total. The molecule has 2 saturated heterocycles. The highest BCUT2D eigenvalue weighted by molar-refractivity contribution is 6.36. The van der Waals surface area contributed by atoms with E-state index in [1.165, 1.54) is 0 Å². The number of Topliss-reactive ketones (excluding diaryl/α,β-unsaturated/α-hetero) is 2. The second kappa shape index (κ2) is 60.4. The van der Waals surface area contributed by atoms with Gasteiger partial charge in [-0.2, -0.15) is 13.2 Å². The maximum absolute atomic E-state index is 12.8. The number of carboxylic acid groups (broad SMARTS) is 1. The van der Waals surface area contributed by atoms with Crippen molar-refractivity contribution in [2.24, 2.45) is 5.73 Å². The number of hydrogen-bond acceptors (Lipinski definition) is 31. The molecule has 141 heavy (non-hydrogen) atoms. The number of aliphatic hydroxyl groups excluding tert-OH is 4. The van der Waals surface area contributed by atoms with Gasteiger partial charge in [0.25, 0.3) is 29.5 Å². The van der Waals surface area contributed by atoms with E-state index >= 15 is 0 Å². The molecule has 37 nitrogen and oxygen atoms in total. The summed E-state index contributed by atoms with van der Waals surface area (Å²) >= 11 is 38.6. The number of rotatable bonds is 51. The molecule has 0 aliphatic carbocycles. The summed E-state index contributed by atoms with van der Waals surface area (Å²) in [6.45, 7) is 11.2. The fourth-order valence-electron chi connectivity index (χ4n) is 15.0. The number of halogens is 9. The fourth-order valence-corrected chi connectivity index (χ4v) is 16.7. The molecule has 2 fully saturated rings. The number of carboxylic acids is 1. The van der Waals surface area contributed by atoms with E-state index in [1.54, 1.807) is 18.2 Å². The quantitative estimate of drug-likeness (QED) is 0.0127. The Morgan fingerprint density at radius 2 is 0.759 bits per heavy atom. The molecule has 7 amide bonds. The summed E-state index contributed by atoms with van der Waals surface area (Å²) in [4.78, 5) is 155. The Labute approximate surface area is 841 Å². The molecule has 11 rings (SSSR count). The van der Waals surface area contributed by atoms with Gasteiger partial charge >= 0.3 is 24.1 Å². The van der Waals surface area contributed by atoms with Crippen LogP contribution in [0.4, 0.5) is 24.5 Å². The number of ether oxygens (including phenoxy) is 9. The van der Waals surface area contributed by atoms with Crippen molar-refractivity contribution < 1.29 is 149 Å². The number of nitrogens with zero attached hydrogens (tertiary/aromatic N) is 5. The predicted molar refractivity (Wildman–Crippen MR) is 509 cm³/mol. The van der Waals surface area contributed by atoms with Crippen molar-refractivity contribution in [2.45, 2.75) is 132 Å². The third-order valence-corrected chi connectivity index (χ3v) is 23.6. The van der Waals surface area contributed by atoms with E-state index in [9.17, 15) is 86.3 Å². The molecule has 5 heterocycles. The molecule has 5 aliphatic heterocycles. The number of hydroxylamine groups is 4. The van der Waals surface area contributed by atoms with Crippen LogP contribution in [0.25, 0.3) is 0 Å². The van der Waals surface area contributed by atoms with Gasteiger partial charge in [-0.05, 0) is 144 Å². The minimum Gasteiger partial charge on any atom is -0.475 e. The van der Waals surface area contributed by atoms with Crippen molar-refractivity contribution in [3.8, 4) is 0 Å². The third kappa shape index (κ3) is 39.2. The maximum atomic E-state index is 12.8. The lowest BCUT2D eigenvalue weighted by atomic mass is 9.84. The minimum absolute atomic E-state index is 0.0478. The Morgan fingerprint density at radius 3 is 1.13 bits per heavy atom. The number of hydrogen-bond donors (Lipinski definition) is 9. The predicted octanol–water partition coefficient (Wildman–Crippen LogP) is 8.74. The van der Waals surface area contributed by atoms with Crippen LogP contribution in [0.3, 0.4) is 0 Å². The first-order valence-electron chi connectivity index (χ1n) is 45.1. The first-order valence-corrected chi connectivity index (χ1v) is 47.3. The van der Waals surface area contributed by atoms with Crippen LogP contribution in [-0.2, 0) is 136 Å². The topological polar surface area (TPSA) is 486 Å². The van der Waals surface area contributed by atoms with Gasteiger partial charge in [-0.1, -0.05) is 118 Å². The molecule has 5 aliphatic rings. The number of imide groups is 2. The van der Waals surface area contributed by atoms with Gasteiger partial charge in [0.05, 0.1) is 125 Å². The van der Waals surface area contributed by atoms with Crippen molar-refractivity contribution in [2.75, 3.05) is 183 Å². The van der Waals surface area contributed by atoms with Gasteiger partial charge in [0.2, 0.25) is 11.8 Å². The van der Waals surface area contributed by atoms with Crippen molar-refractivity contribution in [1.29, 1.82) is 0 Å². The molecule has 46 heteroatoms. The molecular formula is C95H116Cl6F3N9O28. The number of carbonyl (C=O) groups is 12. The number of ketones is 2. The zero-order valence-electron chi connectivity index (χ0n) is 77.7. The van der Waals surface area contributed by atoms with E-state index in [0.717, 1.165) is 101 Å². The Bertz CT molecular complexity index is 4960. The summed E-state index contributed by atoms with van der Waals surface area (Å²) in [6.07, 6.45) is -13.5. The summed E-state index contributed by atoms with van der Waals surface area (Å²) in [6, 6.07) is 35.1. The van der Waals surface area contributed by atoms with E-state index < -0.39 is 83.8 Å². The molecule has 0 spiro atoms. The molecule has 6 aromatic carbocycles. The van der Waals surface area contributed by atoms with Crippen LogP contribution in [0.2, 0.25) is 30.1 Å². The largest absolute Gasteiger partial charge is 0.490 e. The number of aliphatic hydroxyl groups is 4. The summed E-state index contributed by atoms with van der Waals surface area (Å²) < 4.78 is 81.0. The van der Waals surface area contributed by atoms with Crippen LogP contribution in [0.5, 0.6) is 0 Å². The van der Waals surface area contributed by atoms with E-state index in [2.05, 4.69) is 79.7 Å². The van der Waals surface area contributed by atoms with Crippen LogP contribution < -0.4 is 21.7 Å². The van der Waals surface area contributed by atoms with E-state index in [-0.39, 0.29) is 163 Å². The van der Waals surface area contributed by atoms with Crippen LogP contribution in [0.15, 0.2) is 109 Å². The van der Waals surface area contributed by atoms with Crippen molar-refractivity contribution in [1.82, 2.24) is 30.1 Å². The van der Waals surface area contributed by atoms with E-state index in [4.69, 9.17) is 128 Å². The highest BCUT2D eigenvalue weighted by Crippen LogP contribution is 2.43. The van der Waals surface area contributed by atoms with E-state index in [0.29, 0.717) is 115 Å². The summed E-state index contributed by atoms with van der Waals surface area (Å²) in [5, 5.41) is 59.1. The molecule has 0 radical (unpaired) electrons. The zero-order valence-corrected chi connectivity index (χ0v) is 82.3. The molecule has 0 aromatic heterocycles. The van der Waals surface area contributed by atoms with E-state index in [1.807, 2.05) is 72.8 Å². The lowest BCUT2D eigenvalue weighted by Crippen LogP contribution is -2.47. The standard InChI is InChI=1S/C56H70Cl4N4O12.C25H33Cl2N3O4.C12H12N2O10.C2HF3O2/c1-63-33-46(44-29-40(57)31-50(59)48(44)35-63)38-7-3-6-37(26-38)27-43(65)11-15-72-19-23-76-25-21-74-17-13-61-56(70)55(69)54(68)52(66)10-5-14-71-18-22-75-24-20-73-16-12-53(67)62-42-9-4-8-39(28-42)47-34-64(2)36-49-45(47)30-41(58)32-51(49)60;1-30-16-22(21-14-19(26)15-24(27)23(21)17-30)18-3-2-4-20(13-18)29-25(31)5-7-32-9-11-34-12-10-33-8-6-28;15-5-1-2-6(16)13(5)23-11(21)9(19)10(20)12(22)24-14-7(17)3-4-8(14)18;3-2(4,5)1(6)7/h3-4,6-9,26,28-32,46-47,54-55,68-69H,5,10-25,27,33-36H2,1-2H3,(H,61,70)(H,62,67);2-4,13-15,22H,5-12,16-17,28H2,1H3,(H,29,31);9-10,19-20H,1-4H2;(H,6,7)/t46?,47?,54-,55+;;9-,10-;/m0.1./s1. The number of benzene rings is 6. The molecule has 772 valence electrons. The Kier molecular flexibility index (Phi) is 50.0. The number of aliphatic carboxylic acids is 1. The van der Waals surface area contributed by atoms with Gasteiger partial charge in [0, 0.05) is 163 Å². The van der Waals surface area contributed by atoms with Gasteiger partial charge in [0.15, 0.2) is 24.1 Å². The van der Waals surface area contributed by atoms with Crippen molar-refractivity contribution >= 4 is 152 Å². The molecular weight excluding hydrogens is 1980 g/mol. The Morgan fingerprint density at radius 1 is 0.426 bits per heavy atom. The lowest BCUT2D eigenvalue weighted by Gasteiger charge is -2.33. The average Bonchev–Trinajstić information content (AvgIpc) is 1.40. The fraction of sp³-hybridized carbons (Fsp3) is 0.495. The van der Waals surface area contributed by atoms with Gasteiger partial charge in [-0.15, -0.1) is 10.1 Å². The minimum atomic E-state index is -5.08. The number of amides is 7. The van der Waals surface area contributed by atoms with Gasteiger partial charge in [-0.3, -0.25) is 43.2 Å². The van der Waals surface area contributed by atoms with Crippen LogP contribution >= 0.6 is 69.6 Å². The second-order valence-corrected chi connectivity index (χ2v) is 35.4. The van der Waals surface area contributed by atoms with Crippen LogP contribution in [0, 0.1) is 0 Å². The Hall–Kier alpha value is -9.39. The molecule has 6 aromatic rings. The first-order chi connectivity index (χ1) is 67.3. The second-order valence-electron chi connectivity index (χ2n) is 32.9. The van der Waals surface area contributed by atoms with Crippen LogP contribution in [0.1, 0.15) is 131 Å². The number of alkyl halides is 3. The van der Waals surface area contributed by atoms with Crippen molar-refractivity contribution in [3.05, 3.63) is 195 Å². The first kappa shape index (κ1) is 117. The highest BCUT2D eigenvalue weighted by Gasteiger charge is 2.43. The molecule has 3 unspecified atom stereocenters. The number of anilines is 2. The highest BCUT2D eigenvalue weighted by atomic mass is 35.5. The normalized spacial score (nSPS) is 16.7. The lowest BCUT2D eigenvalue weighted by molar-refractivity contribution is -0.216. The summed E-state index contributed by atoms with van der Waals surface area (Å²) in [5.74, 6) is -10.9. The van der Waals surface area contributed by atoms with Crippen LogP contribution in [-0.4, -0.2) is 325 Å². The number of carbonyl (C=O) groups excluding carboxylic acids is 11. The maximum Gasteiger partial charge on any atom is 0.490 e. The SMILES string of the molecule is CN1Cc2c(Cl)cc(Cl)cc2C(c2cccc(CC(=O)CCOCCOCCOCCNC(=O)[C@H](O)[C@@H](O)C(=O)CCCOCCOCCOCCC(=O)Nc3cccc(C4CN(C)Cc5c(Cl)cc(Cl)cc54)c3)c2)C1.CN1Cc2c(Cl)cc(Cl)cc2C(c2cccc(NC(=O)CCOCCOCCOCCN)c2)C1.O=C(O)C(F)(F)F.O=C(ON1C(=O)CCC1=O)[C@H](O)[C@@H](O)C(=O)ON1C(=O)CCC1=O. The number of nitrogens with one attached hydrogen (secondary N) is 3. The summed E-state index contributed by atoms with van der Waals surface area (Å²) in [5.41, 5.74) is 17.6. The third-order valence-electron chi connectivity index (χ3n) is 21.9. The average molecular weight is 2100 g/mol. The molecule has 0 saturated carbocycles. The molecule has 0 bridgehead atoms. The number of fused-ring (bicyclic) bond motifs is 3. The number of likely N-dealkylation sites (N-methyl/N-ethyl adjacent to an activating group) is 3. The van der Waals surface area contributed by atoms with Gasteiger partial charge < -0.3 is 114 Å². The van der Waals surface area contributed by atoms with Gasteiger partial charge in [-0.25, -0.2) is 14.4 Å². The summed E-state index contributed by atoms with van der Waals surface area (Å²) in [7, 11) is 6.19. The smallest absolute Gasteiger partial charge is 0.475 e. The Balaban J connectivity index is 0.000000303. The molecule has 7 atom stereocenters.